The molecule has 3 rings (SSSR count). The van der Waals surface area contributed by atoms with Crippen LogP contribution in [0.25, 0.3) is 0 Å². The Morgan fingerprint density at radius 2 is 1.49 bits per heavy atom. The van der Waals surface area contributed by atoms with E-state index in [2.05, 4.69) is 5.32 Å². The van der Waals surface area contributed by atoms with E-state index < -0.39 is 12.0 Å². The fourth-order valence-corrected chi connectivity index (χ4v) is 4.40. The van der Waals surface area contributed by atoms with Crippen molar-refractivity contribution in [1.82, 2.24) is 5.32 Å². The Kier molecular flexibility index (Phi) is 9.77. The average molecular weight is 510 g/mol. The first-order chi connectivity index (χ1) is 17.7. The summed E-state index contributed by atoms with van der Waals surface area (Å²) in [5.74, 6) is -0.0214. The van der Waals surface area contributed by atoms with Crippen LogP contribution in [0.4, 0.5) is 0 Å². The van der Waals surface area contributed by atoms with Gasteiger partial charge in [-0.15, -0.1) is 0 Å². The van der Waals surface area contributed by atoms with E-state index in [1.807, 2.05) is 6.07 Å². The summed E-state index contributed by atoms with van der Waals surface area (Å²) in [4.78, 5) is 13.5. The van der Waals surface area contributed by atoms with Gasteiger partial charge in [0.05, 0.1) is 20.3 Å². The van der Waals surface area contributed by atoms with E-state index in [9.17, 15) is 25.2 Å². The van der Waals surface area contributed by atoms with Gasteiger partial charge in [-0.3, -0.25) is 4.79 Å². The highest BCUT2D eigenvalue weighted by Gasteiger charge is 2.25. The smallest absolute Gasteiger partial charge is 0.160 e. The number of aliphatic hydroxyl groups excluding tert-OH is 1. The lowest BCUT2D eigenvalue weighted by Crippen LogP contribution is -2.22. The highest BCUT2D eigenvalue weighted by Crippen LogP contribution is 2.32. The minimum atomic E-state index is -0.877. The molecule has 198 valence electrons. The molecule has 0 saturated carbocycles. The van der Waals surface area contributed by atoms with Crippen LogP contribution in [-0.4, -0.2) is 53.6 Å². The molecule has 8 heteroatoms. The molecule has 3 aromatic rings. The maximum absolute atomic E-state index is 13.5. The molecule has 0 aliphatic rings. The van der Waals surface area contributed by atoms with E-state index in [0.29, 0.717) is 42.9 Å². The van der Waals surface area contributed by atoms with Gasteiger partial charge < -0.3 is 35.2 Å². The van der Waals surface area contributed by atoms with Crippen molar-refractivity contribution in [3.8, 4) is 28.7 Å². The number of ketones is 1. The van der Waals surface area contributed by atoms with E-state index in [-0.39, 0.29) is 29.5 Å². The van der Waals surface area contributed by atoms with Gasteiger partial charge in [-0.25, -0.2) is 0 Å². The number of carbonyl (C=O) groups excluding carboxylic acids is 1. The van der Waals surface area contributed by atoms with Gasteiger partial charge in [0.1, 0.15) is 11.5 Å². The summed E-state index contributed by atoms with van der Waals surface area (Å²) in [5, 5.41) is 43.8. The number of hydrogen-bond donors (Lipinski definition) is 5. The molecule has 37 heavy (non-hydrogen) atoms. The van der Waals surface area contributed by atoms with Gasteiger partial charge >= 0.3 is 0 Å². The average Bonchev–Trinajstić information content (AvgIpc) is 2.87. The number of Topliss-reactive ketones (excluding diaryl/α,β-unsaturated/α-hetero) is 1. The summed E-state index contributed by atoms with van der Waals surface area (Å²) in [5.41, 5.74) is 3.13. The zero-order chi connectivity index (χ0) is 26.9. The van der Waals surface area contributed by atoms with Crippen molar-refractivity contribution in [3.63, 3.8) is 0 Å². The SMILES string of the molecule is CNCc1cc(O)cc(C(Cc2ccc(O)c(OC)c2)C(=O)CC(O)CCc2ccc(O)c(OC)c2)c1. The van der Waals surface area contributed by atoms with Crippen LogP contribution in [0, 0.1) is 0 Å². The number of methoxy groups -OCH3 is 2. The number of aliphatic hydroxyl groups is 1. The molecule has 0 radical (unpaired) electrons. The zero-order valence-corrected chi connectivity index (χ0v) is 21.4. The molecule has 0 aromatic heterocycles. The number of nitrogens with one attached hydrogen (secondary N) is 1. The molecule has 0 spiro atoms. The van der Waals surface area contributed by atoms with Crippen LogP contribution in [0.2, 0.25) is 0 Å². The Labute approximate surface area is 217 Å². The van der Waals surface area contributed by atoms with E-state index in [1.54, 1.807) is 43.4 Å². The Hall–Kier alpha value is -3.75. The van der Waals surface area contributed by atoms with Gasteiger partial charge in [0.25, 0.3) is 0 Å². The number of aryl methyl sites for hydroxylation is 1. The molecule has 0 aliphatic carbocycles. The minimum Gasteiger partial charge on any atom is -0.508 e. The number of ether oxygens (including phenoxy) is 2. The predicted octanol–water partition coefficient (Wildman–Crippen LogP) is 3.82. The number of phenolic OH excluding ortho intramolecular Hbond substituents is 3. The van der Waals surface area contributed by atoms with E-state index >= 15 is 0 Å². The molecule has 0 fully saturated rings. The van der Waals surface area contributed by atoms with Crippen LogP contribution in [-0.2, 0) is 24.2 Å². The molecule has 0 bridgehead atoms. The quantitative estimate of drug-likeness (QED) is 0.235. The third-order valence-electron chi connectivity index (χ3n) is 6.30. The van der Waals surface area contributed by atoms with Crippen molar-refractivity contribution in [2.45, 2.75) is 44.2 Å². The largest absolute Gasteiger partial charge is 0.508 e. The topological polar surface area (TPSA) is 128 Å². The van der Waals surface area contributed by atoms with Crippen LogP contribution in [0.5, 0.6) is 28.7 Å². The van der Waals surface area contributed by atoms with Crippen LogP contribution in [0.3, 0.4) is 0 Å². The Morgan fingerprint density at radius 1 is 0.865 bits per heavy atom. The van der Waals surface area contributed by atoms with Crippen LogP contribution >= 0.6 is 0 Å². The first kappa shape index (κ1) is 27.8. The Bertz CT molecular complexity index is 1210. The number of phenols is 3. The van der Waals surface area contributed by atoms with Crippen molar-refractivity contribution >= 4 is 5.78 Å². The minimum absolute atomic E-state index is 0.00377. The summed E-state index contributed by atoms with van der Waals surface area (Å²) in [6.45, 7) is 0.522. The zero-order valence-electron chi connectivity index (χ0n) is 21.4. The molecule has 0 heterocycles. The normalized spacial score (nSPS) is 12.6. The standard InChI is InChI=1S/C29H35NO7/c1-30-17-20-10-21(15-23(32)11-20)24(12-19-6-9-26(34)29(14-19)37-3)27(35)16-22(31)7-4-18-5-8-25(33)28(13-18)36-2/h5-6,8-11,13-15,22,24,30-34H,4,7,12,16-17H2,1-3H3. The third kappa shape index (κ3) is 7.62. The van der Waals surface area contributed by atoms with Crippen molar-refractivity contribution in [2.75, 3.05) is 21.3 Å². The van der Waals surface area contributed by atoms with Gasteiger partial charge in [0.15, 0.2) is 23.0 Å². The number of hydrogen-bond acceptors (Lipinski definition) is 8. The molecule has 3 aromatic carbocycles. The van der Waals surface area contributed by atoms with Crippen LogP contribution < -0.4 is 14.8 Å². The number of rotatable bonds is 13. The predicted molar refractivity (Wildman–Crippen MR) is 141 cm³/mol. The molecule has 2 atom stereocenters. The maximum atomic E-state index is 13.5. The van der Waals surface area contributed by atoms with Crippen molar-refractivity contribution in [2.24, 2.45) is 0 Å². The lowest BCUT2D eigenvalue weighted by Gasteiger charge is -2.20. The second-order valence-corrected chi connectivity index (χ2v) is 9.10. The van der Waals surface area contributed by atoms with Crippen LogP contribution in [0.15, 0.2) is 54.6 Å². The van der Waals surface area contributed by atoms with E-state index in [4.69, 9.17) is 9.47 Å². The van der Waals surface area contributed by atoms with E-state index in [0.717, 1.165) is 16.7 Å². The van der Waals surface area contributed by atoms with Crippen molar-refractivity contribution in [1.29, 1.82) is 0 Å². The Morgan fingerprint density at radius 3 is 2.11 bits per heavy atom. The van der Waals surface area contributed by atoms with Gasteiger partial charge in [0, 0.05) is 18.9 Å². The summed E-state index contributed by atoms with van der Waals surface area (Å²) < 4.78 is 10.4. The monoisotopic (exact) mass is 509 g/mol. The molecule has 0 saturated heterocycles. The highest BCUT2D eigenvalue weighted by molar-refractivity contribution is 5.86. The molecule has 0 aliphatic heterocycles. The second kappa shape index (κ2) is 13.0. The van der Waals surface area contributed by atoms with Crippen molar-refractivity contribution in [3.05, 3.63) is 76.9 Å². The first-order valence-electron chi connectivity index (χ1n) is 12.1. The fraction of sp³-hybridized carbons (Fsp3) is 0.345. The summed E-state index contributed by atoms with van der Waals surface area (Å²) in [6.07, 6.45) is 0.220. The summed E-state index contributed by atoms with van der Waals surface area (Å²) >= 11 is 0. The van der Waals surface area contributed by atoms with Gasteiger partial charge in [0.2, 0.25) is 0 Å². The lowest BCUT2D eigenvalue weighted by molar-refractivity contribution is -0.122. The lowest BCUT2D eigenvalue weighted by atomic mass is 9.85. The van der Waals surface area contributed by atoms with Gasteiger partial charge in [-0.05, 0) is 85.0 Å². The molecule has 2 unspecified atom stereocenters. The first-order valence-corrected chi connectivity index (χ1v) is 12.1. The van der Waals surface area contributed by atoms with Gasteiger partial charge in [-0.2, -0.15) is 0 Å². The number of aromatic hydroxyl groups is 3. The molecule has 0 amide bonds. The number of carbonyl (C=O) groups is 1. The molecule has 8 nitrogen and oxygen atoms in total. The molecular formula is C29H35NO7. The number of benzene rings is 3. The summed E-state index contributed by atoms with van der Waals surface area (Å²) in [7, 11) is 4.73. The third-order valence-corrected chi connectivity index (χ3v) is 6.30. The maximum Gasteiger partial charge on any atom is 0.160 e. The highest BCUT2D eigenvalue weighted by atomic mass is 16.5. The second-order valence-electron chi connectivity index (χ2n) is 9.10. The molecular weight excluding hydrogens is 474 g/mol. The molecule has 5 N–H and O–H groups in total. The van der Waals surface area contributed by atoms with Crippen LogP contribution in [0.1, 0.15) is 41.0 Å². The van der Waals surface area contributed by atoms with Crippen molar-refractivity contribution < 1.29 is 34.7 Å². The summed E-state index contributed by atoms with van der Waals surface area (Å²) in [6, 6.07) is 15.0. The van der Waals surface area contributed by atoms with Gasteiger partial charge in [-0.1, -0.05) is 18.2 Å². The van der Waals surface area contributed by atoms with E-state index in [1.165, 1.54) is 26.4 Å². The fourth-order valence-electron chi connectivity index (χ4n) is 4.40. The Balaban J connectivity index is 1.80.